The highest BCUT2D eigenvalue weighted by Crippen LogP contribution is 2.28. The topological polar surface area (TPSA) is 85.4 Å². The maximum Gasteiger partial charge on any atom is 0.323 e. The summed E-state index contributed by atoms with van der Waals surface area (Å²) in [4.78, 5) is 16.8. The third-order valence-electron chi connectivity index (χ3n) is 3.70. The lowest BCUT2D eigenvalue weighted by atomic mass is 10.1. The Labute approximate surface area is 125 Å². The molecule has 0 unspecified atom stereocenters. The van der Waals surface area contributed by atoms with Gasteiger partial charge in [0.15, 0.2) is 5.17 Å². The fourth-order valence-corrected chi connectivity index (χ4v) is 3.08. The zero-order valence-electron chi connectivity index (χ0n) is 11.3. The van der Waals surface area contributed by atoms with Crippen molar-refractivity contribution in [1.29, 1.82) is 0 Å². The standard InChI is InChI=1S/C14H15N5OS/c20-13-16-10-4-3-9(5-11(10)17-13)12-7-21-14(19-18-12)15-6-8-1-2-8/h3-5,8H,1-2,6-7H2,(H,15,19)(H2,16,17,20). The second-order valence-corrected chi connectivity index (χ2v) is 6.37. The first kappa shape index (κ1) is 12.7. The zero-order valence-corrected chi connectivity index (χ0v) is 12.2. The highest BCUT2D eigenvalue weighted by molar-refractivity contribution is 8.14. The van der Waals surface area contributed by atoms with Crippen LogP contribution in [0.3, 0.4) is 0 Å². The molecule has 7 heteroatoms. The lowest BCUT2D eigenvalue weighted by molar-refractivity contribution is 0.776. The second-order valence-electron chi connectivity index (χ2n) is 5.40. The number of hydrogen-bond donors (Lipinski definition) is 3. The molecule has 2 aliphatic rings. The Balaban J connectivity index is 1.55. The largest absolute Gasteiger partial charge is 0.363 e. The first-order valence-corrected chi connectivity index (χ1v) is 8.00. The summed E-state index contributed by atoms with van der Waals surface area (Å²) >= 11 is 1.67. The maximum atomic E-state index is 11.3. The van der Waals surface area contributed by atoms with Crippen LogP contribution in [0.15, 0.2) is 33.2 Å². The van der Waals surface area contributed by atoms with Crippen LogP contribution >= 0.6 is 11.8 Å². The zero-order chi connectivity index (χ0) is 14.2. The Bertz CT molecular complexity index is 799. The van der Waals surface area contributed by atoms with Gasteiger partial charge in [0.25, 0.3) is 0 Å². The number of rotatable bonds is 3. The molecule has 1 fully saturated rings. The predicted octanol–water partition coefficient (Wildman–Crippen LogP) is 1.66. The Morgan fingerprint density at radius 1 is 1.24 bits per heavy atom. The van der Waals surface area contributed by atoms with Crippen molar-refractivity contribution in [2.75, 3.05) is 12.3 Å². The third-order valence-corrected chi connectivity index (χ3v) is 4.61. The van der Waals surface area contributed by atoms with Crippen molar-refractivity contribution in [2.24, 2.45) is 16.1 Å². The van der Waals surface area contributed by atoms with Gasteiger partial charge >= 0.3 is 5.69 Å². The van der Waals surface area contributed by atoms with Gasteiger partial charge in [-0.2, -0.15) is 5.10 Å². The molecule has 108 valence electrons. The van der Waals surface area contributed by atoms with Gasteiger partial charge in [-0.3, -0.25) is 0 Å². The quantitative estimate of drug-likeness (QED) is 0.806. The molecule has 2 heterocycles. The van der Waals surface area contributed by atoms with Crippen molar-refractivity contribution in [3.63, 3.8) is 0 Å². The normalized spacial score (nSPS) is 18.5. The van der Waals surface area contributed by atoms with Crippen LogP contribution in [0.1, 0.15) is 18.4 Å². The molecule has 0 atom stereocenters. The van der Waals surface area contributed by atoms with Crippen molar-refractivity contribution in [3.8, 4) is 0 Å². The SMILES string of the molecule is O=c1[nH]c2ccc(C3=NN=C(NCC4CC4)SC3)cc2[nH]1. The van der Waals surface area contributed by atoms with E-state index in [1.807, 2.05) is 18.2 Å². The van der Waals surface area contributed by atoms with Crippen LogP contribution < -0.4 is 11.0 Å². The molecule has 3 N–H and O–H groups in total. The van der Waals surface area contributed by atoms with E-state index in [2.05, 4.69) is 25.5 Å². The molecule has 1 aliphatic carbocycles. The summed E-state index contributed by atoms with van der Waals surface area (Å²) in [5.74, 6) is 1.61. The number of imidazole rings is 1. The van der Waals surface area contributed by atoms with Gasteiger partial charge < -0.3 is 15.3 Å². The minimum absolute atomic E-state index is 0.188. The highest BCUT2D eigenvalue weighted by Gasteiger charge is 2.22. The molecule has 1 saturated carbocycles. The minimum atomic E-state index is -0.188. The Kier molecular flexibility index (Phi) is 3.07. The smallest absolute Gasteiger partial charge is 0.323 e. The van der Waals surface area contributed by atoms with Gasteiger partial charge in [-0.1, -0.05) is 17.8 Å². The number of thioether (sulfide) groups is 1. The van der Waals surface area contributed by atoms with Gasteiger partial charge in [0.1, 0.15) is 0 Å². The number of amidine groups is 1. The van der Waals surface area contributed by atoms with E-state index < -0.39 is 0 Å². The summed E-state index contributed by atoms with van der Waals surface area (Å²) < 4.78 is 0. The van der Waals surface area contributed by atoms with Crippen molar-refractivity contribution >= 4 is 33.7 Å². The minimum Gasteiger partial charge on any atom is -0.363 e. The van der Waals surface area contributed by atoms with E-state index in [4.69, 9.17) is 0 Å². The Morgan fingerprint density at radius 3 is 2.86 bits per heavy atom. The van der Waals surface area contributed by atoms with E-state index in [1.165, 1.54) is 12.8 Å². The van der Waals surface area contributed by atoms with E-state index in [0.29, 0.717) is 0 Å². The molecule has 1 aromatic heterocycles. The van der Waals surface area contributed by atoms with E-state index in [9.17, 15) is 4.79 Å². The molecule has 4 rings (SSSR count). The first-order valence-electron chi connectivity index (χ1n) is 7.01. The van der Waals surface area contributed by atoms with Crippen molar-refractivity contribution in [2.45, 2.75) is 12.8 Å². The fraction of sp³-hybridized carbons (Fsp3) is 0.357. The summed E-state index contributed by atoms with van der Waals surface area (Å²) in [7, 11) is 0. The molecule has 0 radical (unpaired) electrons. The number of fused-ring (bicyclic) bond motifs is 1. The summed E-state index contributed by atoms with van der Waals surface area (Å²) in [5.41, 5.74) is 3.35. The average molecular weight is 301 g/mol. The summed E-state index contributed by atoms with van der Waals surface area (Å²) in [6.45, 7) is 1.01. The molecule has 1 aliphatic heterocycles. The fourth-order valence-electron chi connectivity index (χ4n) is 2.29. The van der Waals surface area contributed by atoms with Gasteiger partial charge in [-0.15, -0.1) is 5.10 Å². The molecule has 21 heavy (non-hydrogen) atoms. The number of benzene rings is 1. The van der Waals surface area contributed by atoms with Crippen molar-refractivity contribution < 1.29 is 0 Å². The number of nitrogens with one attached hydrogen (secondary N) is 3. The number of nitrogens with zero attached hydrogens (tertiary/aromatic N) is 2. The highest BCUT2D eigenvalue weighted by atomic mass is 32.2. The summed E-state index contributed by atoms with van der Waals surface area (Å²) in [6.07, 6.45) is 2.66. The molecular formula is C14H15N5OS. The molecule has 0 spiro atoms. The van der Waals surface area contributed by atoms with Gasteiger partial charge in [-0.05, 0) is 30.9 Å². The second kappa shape index (κ2) is 5.07. The molecule has 0 amide bonds. The van der Waals surface area contributed by atoms with Crippen LogP contribution in [-0.2, 0) is 0 Å². The van der Waals surface area contributed by atoms with E-state index in [-0.39, 0.29) is 5.69 Å². The van der Waals surface area contributed by atoms with Crippen molar-refractivity contribution in [3.05, 3.63) is 34.2 Å². The number of hydrogen-bond acceptors (Lipinski definition) is 5. The average Bonchev–Trinajstić information content (AvgIpc) is 3.25. The lowest BCUT2D eigenvalue weighted by Crippen LogP contribution is -2.26. The molecule has 2 aromatic rings. The van der Waals surface area contributed by atoms with Gasteiger partial charge in [0.05, 0.1) is 16.7 Å². The van der Waals surface area contributed by atoms with Crippen LogP contribution in [0.25, 0.3) is 11.0 Å². The monoisotopic (exact) mass is 301 g/mol. The molecule has 0 bridgehead atoms. The molecule has 0 saturated heterocycles. The predicted molar refractivity (Wildman–Crippen MR) is 86.1 cm³/mol. The Hall–Kier alpha value is -2.02. The van der Waals surface area contributed by atoms with Gasteiger partial charge in [-0.25, -0.2) is 4.79 Å². The number of aromatic nitrogens is 2. The van der Waals surface area contributed by atoms with Gasteiger partial charge in [0.2, 0.25) is 0 Å². The summed E-state index contributed by atoms with van der Waals surface area (Å²) in [6, 6.07) is 5.79. The number of aromatic amines is 2. The molecule has 6 nitrogen and oxygen atoms in total. The van der Waals surface area contributed by atoms with Crippen LogP contribution in [0, 0.1) is 5.92 Å². The van der Waals surface area contributed by atoms with Crippen molar-refractivity contribution in [1.82, 2.24) is 15.3 Å². The lowest BCUT2D eigenvalue weighted by Gasteiger charge is -2.13. The van der Waals surface area contributed by atoms with Crippen LogP contribution in [0.2, 0.25) is 0 Å². The molecule has 1 aromatic carbocycles. The number of H-pyrrole nitrogens is 2. The van der Waals surface area contributed by atoms with Crippen LogP contribution in [0.4, 0.5) is 0 Å². The third kappa shape index (κ3) is 2.73. The van der Waals surface area contributed by atoms with E-state index in [0.717, 1.165) is 45.7 Å². The van der Waals surface area contributed by atoms with Crippen LogP contribution in [-0.4, -0.2) is 33.1 Å². The summed E-state index contributed by atoms with van der Waals surface area (Å²) in [5, 5.41) is 12.8. The van der Waals surface area contributed by atoms with E-state index >= 15 is 0 Å². The van der Waals surface area contributed by atoms with Crippen LogP contribution in [0.5, 0.6) is 0 Å². The maximum absolute atomic E-state index is 11.3. The Morgan fingerprint density at radius 2 is 2.10 bits per heavy atom. The first-order chi connectivity index (χ1) is 10.3. The van der Waals surface area contributed by atoms with E-state index in [1.54, 1.807) is 11.8 Å². The molecular weight excluding hydrogens is 286 g/mol. The van der Waals surface area contributed by atoms with Gasteiger partial charge in [0, 0.05) is 17.9 Å².